The molecule has 3 atom stereocenters. The van der Waals surface area contributed by atoms with E-state index < -0.39 is 6.10 Å². The number of aromatic nitrogens is 1. The Morgan fingerprint density at radius 2 is 1.88 bits per heavy atom. The molecule has 2 aromatic rings. The van der Waals surface area contributed by atoms with Gasteiger partial charge in [-0.3, -0.25) is 9.78 Å². The first-order valence-corrected chi connectivity index (χ1v) is 11.9. The van der Waals surface area contributed by atoms with E-state index in [1.54, 1.807) is 6.20 Å². The molecule has 0 radical (unpaired) electrons. The number of fused-ring (bicyclic) bond motifs is 1. The van der Waals surface area contributed by atoms with Crippen molar-refractivity contribution in [1.29, 1.82) is 0 Å². The van der Waals surface area contributed by atoms with Gasteiger partial charge in [-0.1, -0.05) is 44.5 Å². The first-order chi connectivity index (χ1) is 15.3. The normalized spacial score (nSPS) is 21.7. The molecule has 0 unspecified atom stereocenters. The molecule has 1 aromatic heterocycles. The van der Waals surface area contributed by atoms with Gasteiger partial charge in [0.2, 0.25) is 5.91 Å². The monoisotopic (exact) mass is 456 g/mol. The molecular weight excluding hydrogens is 424 g/mol. The molecule has 1 saturated heterocycles. The van der Waals surface area contributed by atoms with Crippen LogP contribution in [-0.4, -0.2) is 59.7 Å². The van der Waals surface area contributed by atoms with E-state index in [4.69, 9.17) is 11.6 Å². The summed E-state index contributed by atoms with van der Waals surface area (Å²) in [6.07, 6.45) is 2.04. The maximum Gasteiger partial charge on any atom is 0.231 e. The molecule has 0 spiro atoms. The summed E-state index contributed by atoms with van der Waals surface area (Å²) >= 11 is 6.07. The second-order valence-electron chi connectivity index (χ2n) is 9.26. The average Bonchev–Trinajstić information content (AvgIpc) is 3.08. The van der Waals surface area contributed by atoms with Gasteiger partial charge in [-0.05, 0) is 36.1 Å². The summed E-state index contributed by atoms with van der Waals surface area (Å²) in [5.41, 5.74) is 4.13. The Kier molecular flexibility index (Phi) is 7.03. The van der Waals surface area contributed by atoms with Gasteiger partial charge in [-0.2, -0.15) is 0 Å². The van der Waals surface area contributed by atoms with E-state index in [1.807, 2.05) is 35.2 Å². The maximum atomic E-state index is 13.5. The van der Waals surface area contributed by atoms with Gasteiger partial charge in [0, 0.05) is 61.2 Å². The van der Waals surface area contributed by atoms with Crippen LogP contribution in [0.2, 0.25) is 5.02 Å². The number of amides is 1. The smallest absolute Gasteiger partial charge is 0.231 e. The molecule has 1 amide bonds. The van der Waals surface area contributed by atoms with E-state index in [2.05, 4.69) is 36.0 Å². The molecule has 2 N–H and O–H groups in total. The third kappa shape index (κ3) is 4.77. The number of nitrogens with one attached hydrogen (secondary N) is 1. The predicted molar refractivity (Wildman–Crippen MR) is 128 cm³/mol. The third-order valence-corrected chi connectivity index (χ3v) is 6.87. The maximum absolute atomic E-state index is 13.5. The van der Waals surface area contributed by atoms with Crippen molar-refractivity contribution >= 4 is 23.2 Å². The topological polar surface area (TPSA) is 68.7 Å². The Bertz CT molecular complexity index is 941. The van der Waals surface area contributed by atoms with Crippen molar-refractivity contribution in [3.8, 4) is 0 Å². The van der Waals surface area contributed by atoms with Crippen molar-refractivity contribution in [3.05, 3.63) is 58.4 Å². The third-order valence-electron chi connectivity index (χ3n) is 6.62. The molecule has 1 aliphatic heterocycles. The minimum Gasteiger partial charge on any atom is -0.387 e. The Hall–Kier alpha value is -2.15. The average molecular weight is 457 g/mol. The van der Waals surface area contributed by atoms with Crippen LogP contribution >= 0.6 is 11.6 Å². The number of hydrogen-bond donors (Lipinski definition) is 2. The fourth-order valence-electron chi connectivity index (χ4n) is 4.87. The highest BCUT2D eigenvalue weighted by atomic mass is 35.5. The lowest BCUT2D eigenvalue weighted by Gasteiger charge is -2.38. The number of aliphatic hydroxyl groups excluding tert-OH is 1. The Labute approximate surface area is 195 Å². The number of carbonyl (C=O) groups excluding carboxylic acids is 1. The lowest BCUT2D eigenvalue weighted by atomic mass is 9.96. The van der Waals surface area contributed by atoms with E-state index in [1.165, 1.54) is 5.56 Å². The fraction of sp³-hybridized carbons (Fsp3) is 0.520. The fourth-order valence-corrected chi connectivity index (χ4v) is 5.00. The zero-order valence-corrected chi connectivity index (χ0v) is 19.8. The van der Waals surface area contributed by atoms with Crippen LogP contribution < -0.4 is 10.2 Å². The van der Waals surface area contributed by atoms with Crippen LogP contribution in [0.25, 0.3) is 0 Å². The van der Waals surface area contributed by atoms with Crippen molar-refractivity contribution in [1.82, 2.24) is 15.2 Å². The number of hydrogen-bond acceptors (Lipinski definition) is 5. The number of aliphatic hydroxyl groups is 1. The Morgan fingerprint density at radius 1 is 1.19 bits per heavy atom. The summed E-state index contributed by atoms with van der Waals surface area (Å²) in [7, 11) is 0. The molecule has 32 heavy (non-hydrogen) atoms. The second kappa shape index (κ2) is 9.77. The molecule has 7 heteroatoms. The number of piperazine rings is 1. The molecule has 172 valence electrons. The van der Waals surface area contributed by atoms with Gasteiger partial charge in [0.1, 0.15) is 0 Å². The van der Waals surface area contributed by atoms with Gasteiger partial charge in [0.05, 0.1) is 17.7 Å². The predicted octanol–water partition coefficient (Wildman–Crippen LogP) is 3.71. The van der Waals surface area contributed by atoms with Crippen LogP contribution in [0.15, 0.2) is 36.5 Å². The molecule has 0 saturated carbocycles. The summed E-state index contributed by atoms with van der Waals surface area (Å²) in [5.74, 6) is 0.213. The largest absolute Gasteiger partial charge is 0.387 e. The number of nitrogens with zero attached hydrogens (tertiary/aromatic N) is 3. The van der Waals surface area contributed by atoms with E-state index >= 15 is 0 Å². The number of carbonyl (C=O) groups is 1. The van der Waals surface area contributed by atoms with E-state index in [0.717, 1.165) is 36.5 Å². The van der Waals surface area contributed by atoms with Gasteiger partial charge < -0.3 is 20.2 Å². The highest BCUT2D eigenvalue weighted by Crippen LogP contribution is 2.43. The van der Waals surface area contributed by atoms with Crippen LogP contribution in [0.4, 0.5) is 5.69 Å². The van der Waals surface area contributed by atoms with Gasteiger partial charge in [0.15, 0.2) is 0 Å². The molecule has 1 fully saturated rings. The van der Waals surface area contributed by atoms with E-state index in [9.17, 15) is 9.90 Å². The molecule has 6 nitrogen and oxygen atoms in total. The van der Waals surface area contributed by atoms with Crippen LogP contribution in [0, 0.1) is 0 Å². The highest BCUT2D eigenvalue weighted by Gasteiger charge is 2.34. The zero-order chi connectivity index (χ0) is 22.8. The first-order valence-electron chi connectivity index (χ1n) is 11.5. The van der Waals surface area contributed by atoms with Crippen LogP contribution in [0.5, 0.6) is 0 Å². The summed E-state index contributed by atoms with van der Waals surface area (Å²) in [5, 5.41) is 14.4. The summed E-state index contributed by atoms with van der Waals surface area (Å²) in [6, 6.07) is 9.97. The van der Waals surface area contributed by atoms with Crippen molar-refractivity contribution in [2.45, 2.75) is 51.2 Å². The minimum absolute atomic E-state index is 0.156. The molecule has 2 heterocycles. The van der Waals surface area contributed by atoms with Crippen LogP contribution in [0.3, 0.4) is 0 Å². The van der Waals surface area contributed by atoms with E-state index in [-0.39, 0.29) is 11.8 Å². The first kappa shape index (κ1) is 23.0. The van der Waals surface area contributed by atoms with Gasteiger partial charge >= 0.3 is 0 Å². The van der Waals surface area contributed by atoms with Crippen molar-refractivity contribution in [2.24, 2.45) is 0 Å². The molecule has 4 rings (SSSR count). The molecule has 0 bridgehead atoms. The number of benzene rings is 1. The summed E-state index contributed by atoms with van der Waals surface area (Å²) < 4.78 is 0. The SMILES string of the molecule is CC(C)NC[C@@H](C(=O)N1CCN(c2ccnc3c2[C@H](C)C[C@H]3O)CC1)c1ccc(Cl)cc1. The van der Waals surface area contributed by atoms with E-state index in [0.29, 0.717) is 36.6 Å². The number of rotatable bonds is 6. The standard InChI is InChI=1S/C25H33ClN4O2/c1-16(2)28-15-20(18-4-6-19(26)7-5-18)25(32)30-12-10-29(11-13-30)21-8-9-27-24-22(31)14-17(3)23(21)24/h4-9,16-17,20,22,28,31H,10-15H2,1-3H3/t17-,20-,22-/m1/s1. The number of pyridine rings is 1. The quantitative estimate of drug-likeness (QED) is 0.693. The molecule has 1 aliphatic carbocycles. The Balaban J connectivity index is 1.47. The molecule has 1 aromatic carbocycles. The van der Waals surface area contributed by atoms with Gasteiger partial charge in [0.25, 0.3) is 0 Å². The number of anilines is 1. The van der Waals surface area contributed by atoms with Crippen molar-refractivity contribution in [3.63, 3.8) is 0 Å². The summed E-state index contributed by atoms with van der Waals surface area (Å²) in [4.78, 5) is 22.3. The van der Waals surface area contributed by atoms with Crippen molar-refractivity contribution in [2.75, 3.05) is 37.6 Å². The van der Waals surface area contributed by atoms with Crippen molar-refractivity contribution < 1.29 is 9.90 Å². The highest BCUT2D eigenvalue weighted by molar-refractivity contribution is 6.30. The summed E-state index contributed by atoms with van der Waals surface area (Å²) in [6.45, 7) is 9.84. The van der Waals surface area contributed by atoms with Gasteiger partial charge in [-0.25, -0.2) is 0 Å². The Morgan fingerprint density at radius 3 is 2.53 bits per heavy atom. The molecule has 2 aliphatic rings. The van der Waals surface area contributed by atoms with Crippen LogP contribution in [0.1, 0.15) is 62.0 Å². The zero-order valence-electron chi connectivity index (χ0n) is 19.1. The van der Waals surface area contributed by atoms with Crippen LogP contribution in [-0.2, 0) is 4.79 Å². The van der Waals surface area contributed by atoms with Gasteiger partial charge in [-0.15, -0.1) is 0 Å². The number of halogens is 1. The molecular formula is C25H33ClN4O2. The minimum atomic E-state index is -0.476. The lowest BCUT2D eigenvalue weighted by molar-refractivity contribution is -0.133. The lowest BCUT2D eigenvalue weighted by Crippen LogP contribution is -2.51. The second-order valence-corrected chi connectivity index (χ2v) is 9.70.